The summed E-state index contributed by atoms with van der Waals surface area (Å²) in [5.41, 5.74) is 13.3. The summed E-state index contributed by atoms with van der Waals surface area (Å²) in [5.74, 6) is 0. The smallest absolute Gasteiger partial charge is 0.136 e. The Kier molecular flexibility index (Phi) is 1.34. The molecule has 2 heterocycles. The second-order valence-electron chi connectivity index (χ2n) is 3.85. The molecule has 2 aliphatic heterocycles. The molecule has 16 heavy (non-hydrogen) atoms. The second kappa shape index (κ2) is 2.68. The summed E-state index contributed by atoms with van der Waals surface area (Å²) in [5, 5.41) is 2.86. The fourth-order valence-corrected chi connectivity index (χ4v) is 2.15. The lowest BCUT2D eigenvalue weighted by molar-refractivity contribution is -0.783. The summed E-state index contributed by atoms with van der Waals surface area (Å²) in [6, 6.07) is 16.1. The van der Waals surface area contributed by atoms with Crippen LogP contribution in [-0.4, -0.2) is 0 Å². The summed E-state index contributed by atoms with van der Waals surface area (Å²) in [6.07, 6.45) is 0. The molecule has 78 valence electrons. The molecule has 2 aromatic carbocycles. The Morgan fingerprint density at radius 2 is 1.62 bits per heavy atom. The largest absolute Gasteiger partial charge is 0.541 e. The SMILES string of the molecule is c1ccc2c(c1)[N-][NH+]1c3ccccc3[N-]N21. The molecule has 1 atom stereocenters. The molecule has 0 spiro atoms. The van der Waals surface area contributed by atoms with Gasteiger partial charge in [0.1, 0.15) is 5.69 Å². The summed E-state index contributed by atoms with van der Waals surface area (Å²) < 4.78 is 0. The number of fused-ring (bicyclic) bond motifs is 5. The van der Waals surface area contributed by atoms with Gasteiger partial charge < -0.3 is 10.9 Å². The molecule has 1 unspecified atom stereocenters. The van der Waals surface area contributed by atoms with Crippen molar-refractivity contribution in [1.29, 1.82) is 0 Å². The maximum atomic E-state index is 4.60. The Bertz CT molecular complexity index is 515. The van der Waals surface area contributed by atoms with Gasteiger partial charge in [0.05, 0.1) is 5.69 Å². The lowest BCUT2D eigenvalue weighted by Gasteiger charge is -2.32. The first-order chi connectivity index (χ1) is 7.93. The van der Waals surface area contributed by atoms with E-state index in [0.29, 0.717) is 0 Å². The highest BCUT2D eigenvalue weighted by atomic mass is 16.0. The number of anilines is 1. The van der Waals surface area contributed by atoms with Gasteiger partial charge >= 0.3 is 0 Å². The van der Waals surface area contributed by atoms with Crippen molar-refractivity contribution in [3.8, 4) is 0 Å². The van der Waals surface area contributed by atoms with Gasteiger partial charge in [-0.25, -0.2) is 0 Å². The van der Waals surface area contributed by atoms with Crippen LogP contribution < -0.4 is 10.2 Å². The van der Waals surface area contributed by atoms with Crippen LogP contribution in [0.5, 0.6) is 0 Å². The van der Waals surface area contributed by atoms with Crippen LogP contribution >= 0.6 is 0 Å². The highest BCUT2D eigenvalue weighted by molar-refractivity contribution is 5.82. The third-order valence-corrected chi connectivity index (χ3v) is 2.89. The van der Waals surface area contributed by atoms with Crippen LogP contribution in [0, 0.1) is 0 Å². The van der Waals surface area contributed by atoms with Crippen LogP contribution in [0.3, 0.4) is 0 Å². The van der Waals surface area contributed by atoms with Gasteiger partial charge in [-0.15, -0.1) is 0 Å². The maximum Gasteiger partial charge on any atom is 0.136 e. The molecule has 0 bridgehead atoms. The predicted octanol–water partition coefficient (Wildman–Crippen LogP) is 2.49. The molecule has 2 aromatic rings. The molecular weight excluding hydrogens is 200 g/mol. The van der Waals surface area contributed by atoms with Crippen LogP contribution in [-0.2, 0) is 0 Å². The van der Waals surface area contributed by atoms with Crippen LogP contribution in [0.15, 0.2) is 48.5 Å². The average Bonchev–Trinajstić information content (AvgIpc) is 2.85. The van der Waals surface area contributed by atoms with Gasteiger partial charge in [0, 0.05) is 0 Å². The highest BCUT2D eigenvalue weighted by Crippen LogP contribution is 2.43. The van der Waals surface area contributed by atoms with E-state index >= 15 is 0 Å². The molecule has 0 fully saturated rings. The van der Waals surface area contributed by atoms with E-state index in [2.05, 4.69) is 16.9 Å². The van der Waals surface area contributed by atoms with Gasteiger partial charge in [0.15, 0.2) is 0 Å². The van der Waals surface area contributed by atoms with Gasteiger partial charge in [0.25, 0.3) is 0 Å². The Labute approximate surface area is 93.0 Å². The number of benzene rings is 2. The molecule has 0 radical (unpaired) electrons. The van der Waals surface area contributed by atoms with Gasteiger partial charge in [0.2, 0.25) is 0 Å². The lowest BCUT2D eigenvalue weighted by atomic mass is 10.3. The first kappa shape index (κ1) is 8.01. The number of hydrogen-bond donors (Lipinski definition) is 1. The Morgan fingerprint density at radius 1 is 0.875 bits per heavy atom. The first-order valence-electron chi connectivity index (χ1n) is 5.22. The predicted molar refractivity (Wildman–Crippen MR) is 62.0 cm³/mol. The van der Waals surface area contributed by atoms with Crippen molar-refractivity contribution >= 4 is 22.7 Å². The zero-order valence-corrected chi connectivity index (χ0v) is 8.46. The van der Waals surface area contributed by atoms with Gasteiger partial charge in [-0.05, 0) is 12.1 Å². The maximum absolute atomic E-state index is 4.60. The van der Waals surface area contributed by atoms with Crippen LogP contribution in [0.1, 0.15) is 0 Å². The molecule has 4 rings (SSSR count). The van der Waals surface area contributed by atoms with Crippen molar-refractivity contribution in [3.05, 3.63) is 59.4 Å². The number of nitrogens with zero attached hydrogens (tertiary/aromatic N) is 3. The number of nitrogens with one attached hydrogen (secondary N) is 1. The fraction of sp³-hybridized carbons (Fsp3) is 0. The lowest BCUT2D eigenvalue weighted by Crippen LogP contribution is -3.06. The third-order valence-electron chi connectivity index (χ3n) is 2.89. The molecule has 1 N–H and O–H groups in total. The number of quaternary nitrogens is 1. The van der Waals surface area contributed by atoms with Crippen LogP contribution in [0.4, 0.5) is 22.7 Å². The van der Waals surface area contributed by atoms with Crippen molar-refractivity contribution in [3.63, 3.8) is 0 Å². The number of hydrogen-bond acceptors (Lipinski definition) is 1. The van der Waals surface area contributed by atoms with E-state index in [4.69, 9.17) is 0 Å². The van der Waals surface area contributed by atoms with Crippen molar-refractivity contribution in [2.45, 2.75) is 0 Å². The Balaban J connectivity index is 1.86. The minimum atomic E-state index is 0.941. The number of rotatable bonds is 0. The fourth-order valence-electron chi connectivity index (χ4n) is 2.15. The molecule has 0 aromatic heterocycles. The van der Waals surface area contributed by atoms with Gasteiger partial charge in [-0.1, -0.05) is 47.8 Å². The van der Waals surface area contributed by atoms with E-state index in [-0.39, 0.29) is 0 Å². The quantitative estimate of drug-likeness (QED) is 0.711. The molecule has 2 aliphatic rings. The van der Waals surface area contributed by atoms with Gasteiger partial charge in [-0.3, -0.25) is 10.2 Å². The van der Waals surface area contributed by atoms with Crippen molar-refractivity contribution in [2.24, 2.45) is 0 Å². The second-order valence-corrected chi connectivity index (χ2v) is 3.85. The van der Waals surface area contributed by atoms with E-state index in [0.717, 1.165) is 27.9 Å². The van der Waals surface area contributed by atoms with E-state index in [9.17, 15) is 0 Å². The summed E-state index contributed by atoms with van der Waals surface area (Å²) in [7, 11) is 0. The van der Waals surface area contributed by atoms with Crippen molar-refractivity contribution < 1.29 is 5.12 Å². The Hall–Kier alpha value is -2.20. The molecule has 0 saturated carbocycles. The number of para-hydroxylation sites is 2. The Morgan fingerprint density at radius 3 is 2.56 bits per heavy atom. The monoisotopic (exact) mass is 209 g/mol. The molecule has 4 heteroatoms. The zero-order valence-electron chi connectivity index (χ0n) is 8.46. The van der Waals surface area contributed by atoms with E-state index in [1.807, 2.05) is 47.6 Å². The van der Waals surface area contributed by atoms with E-state index in [1.165, 1.54) is 0 Å². The van der Waals surface area contributed by atoms with Gasteiger partial charge in [-0.2, -0.15) is 0 Å². The van der Waals surface area contributed by atoms with E-state index < -0.39 is 0 Å². The minimum Gasteiger partial charge on any atom is -0.541 e. The average molecular weight is 209 g/mol. The molecule has 4 nitrogen and oxygen atoms in total. The summed E-state index contributed by atoms with van der Waals surface area (Å²) in [6.45, 7) is 0. The van der Waals surface area contributed by atoms with Crippen LogP contribution in [0.25, 0.3) is 10.9 Å². The third kappa shape index (κ3) is 0.869. The first-order valence-corrected chi connectivity index (χ1v) is 5.22. The van der Waals surface area contributed by atoms with Crippen molar-refractivity contribution in [2.75, 3.05) is 5.12 Å². The zero-order chi connectivity index (χ0) is 10.5. The van der Waals surface area contributed by atoms with E-state index in [1.54, 1.807) is 0 Å². The standard InChI is InChI=1S/C12H9N4/c1-3-7-11-9(5-1)13-16-12-8-4-2-6-10(12)14-15(11)16/h1-8,15H/q-1. The summed E-state index contributed by atoms with van der Waals surface area (Å²) >= 11 is 0. The normalized spacial score (nSPS) is 19.5. The summed E-state index contributed by atoms with van der Waals surface area (Å²) in [4.78, 5) is 0. The topological polar surface area (TPSA) is 35.9 Å². The highest BCUT2D eigenvalue weighted by Gasteiger charge is 2.24. The van der Waals surface area contributed by atoms with Crippen molar-refractivity contribution in [1.82, 2.24) is 0 Å². The minimum absolute atomic E-state index is 0.941. The molecule has 0 saturated heterocycles. The molecule has 0 amide bonds. The van der Waals surface area contributed by atoms with Crippen LogP contribution in [0.2, 0.25) is 0 Å². The molecular formula is C12H9N4-. The molecule has 0 aliphatic carbocycles.